The monoisotopic (exact) mass is 648 g/mol. The predicted octanol–water partition coefficient (Wildman–Crippen LogP) is 13.1. The Morgan fingerprint density at radius 2 is 0.941 bits per heavy atom. The number of para-hydroxylation sites is 1. The molecule has 0 radical (unpaired) electrons. The molecule has 0 saturated carbocycles. The van der Waals surface area contributed by atoms with E-state index in [2.05, 4.69) is 140 Å². The summed E-state index contributed by atoms with van der Waals surface area (Å²) in [6, 6.07) is 60.4. The Bertz CT molecular complexity index is 3160. The molecule has 0 atom stereocenters. The van der Waals surface area contributed by atoms with Crippen LogP contribution in [-0.4, -0.2) is 9.97 Å². The fraction of sp³-hybridized carbons (Fsp3) is 0. The summed E-state index contributed by atoms with van der Waals surface area (Å²) in [7, 11) is 0. The maximum Gasteiger partial charge on any atom is 0.227 e. The Kier molecular flexibility index (Phi) is 5.96. The SMILES string of the molecule is c1ccc(-c2nc3ccc4ccc5ccc(-c6cc(-c7ccc8c9ccccc9c9ccccc9c8c7)nc7ccccc67)cc5c4c3o2)cc1. The zero-order valence-corrected chi connectivity index (χ0v) is 27.5. The summed E-state index contributed by atoms with van der Waals surface area (Å²) in [6.07, 6.45) is 0. The van der Waals surface area contributed by atoms with E-state index in [0.717, 1.165) is 71.5 Å². The van der Waals surface area contributed by atoms with Gasteiger partial charge in [0, 0.05) is 21.9 Å². The normalized spacial score (nSPS) is 11.9. The Balaban J connectivity index is 1.14. The molecule has 0 unspecified atom stereocenters. The van der Waals surface area contributed by atoms with E-state index < -0.39 is 0 Å². The molecule has 0 fully saturated rings. The minimum Gasteiger partial charge on any atom is -0.435 e. The first kappa shape index (κ1) is 28.0. The quantitative estimate of drug-likeness (QED) is 0.179. The van der Waals surface area contributed by atoms with E-state index in [0.29, 0.717) is 5.89 Å². The van der Waals surface area contributed by atoms with Gasteiger partial charge in [-0.1, -0.05) is 127 Å². The molecule has 0 bridgehead atoms. The largest absolute Gasteiger partial charge is 0.435 e. The number of oxazole rings is 1. The van der Waals surface area contributed by atoms with Crippen LogP contribution in [-0.2, 0) is 0 Å². The summed E-state index contributed by atoms with van der Waals surface area (Å²) in [4.78, 5) is 10.1. The molecule has 2 heterocycles. The Labute approximate surface area is 293 Å². The molecule has 0 aliphatic heterocycles. The number of hydrogen-bond acceptors (Lipinski definition) is 3. The van der Waals surface area contributed by atoms with Crippen LogP contribution in [0.4, 0.5) is 0 Å². The van der Waals surface area contributed by atoms with Gasteiger partial charge in [0.05, 0.1) is 11.2 Å². The summed E-state index contributed by atoms with van der Waals surface area (Å²) in [5, 5.41) is 13.2. The average Bonchev–Trinajstić information content (AvgIpc) is 3.65. The number of aromatic nitrogens is 2. The van der Waals surface area contributed by atoms with Crippen molar-refractivity contribution in [1.82, 2.24) is 9.97 Å². The molecule has 0 aliphatic carbocycles. The van der Waals surface area contributed by atoms with Gasteiger partial charge in [-0.2, -0.15) is 0 Å². The van der Waals surface area contributed by atoms with Crippen molar-refractivity contribution in [2.75, 3.05) is 0 Å². The standard InChI is InChI=1S/C48H28N2O/c1-2-10-31(11-3-1)48-50-44-25-23-30-20-18-29-19-21-32(26-41(29)46(30)47(44)51-48)40-28-45(49-43-17-9-8-16-39(40)43)33-22-24-38-36-14-5-4-12-34(36)35-13-6-7-15-37(35)42(38)27-33/h1-28H. The molecule has 51 heavy (non-hydrogen) atoms. The predicted molar refractivity (Wildman–Crippen MR) is 213 cm³/mol. The van der Waals surface area contributed by atoms with Crippen molar-refractivity contribution in [1.29, 1.82) is 0 Å². The van der Waals surface area contributed by atoms with Gasteiger partial charge < -0.3 is 4.42 Å². The first-order valence-electron chi connectivity index (χ1n) is 17.3. The number of hydrogen-bond donors (Lipinski definition) is 0. The van der Waals surface area contributed by atoms with Gasteiger partial charge in [0.25, 0.3) is 0 Å². The molecular weight excluding hydrogens is 621 g/mol. The van der Waals surface area contributed by atoms with Crippen LogP contribution in [0.3, 0.4) is 0 Å². The summed E-state index contributed by atoms with van der Waals surface area (Å²) in [5.74, 6) is 0.632. The molecule has 0 N–H and O–H groups in total. The lowest BCUT2D eigenvalue weighted by Gasteiger charge is -2.14. The number of rotatable bonds is 3. The van der Waals surface area contributed by atoms with Crippen LogP contribution in [0.15, 0.2) is 174 Å². The summed E-state index contributed by atoms with van der Waals surface area (Å²) >= 11 is 0. The van der Waals surface area contributed by atoms with Crippen molar-refractivity contribution in [3.63, 3.8) is 0 Å². The second kappa shape index (κ2) is 10.8. The second-order valence-corrected chi connectivity index (χ2v) is 13.3. The minimum atomic E-state index is 0.632. The highest BCUT2D eigenvalue weighted by molar-refractivity contribution is 6.26. The molecule has 236 valence electrons. The Hall–Kier alpha value is -6.84. The van der Waals surface area contributed by atoms with E-state index in [1.54, 1.807) is 0 Å². The van der Waals surface area contributed by atoms with E-state index >= 15 is 0 Å². The molecular formula is C48H28N2O. The first-order valence-corrected chi connectivity index (χ1v) is 17.3. The lowest BCUT2D eigenvalue weighted by Crippen LogP contribution is -1.91. The van der Waals surface area contributed by atoms with E-state index in [1.165, 1.54) is 32.3 Å². The smallest absolute Gasteiger partial charge is 0.227 e. The van der Waals surface area contributed by atoms with Gasteiger partial charge in [-0.3, -0.25) is 0 Å². The lowest BCUT2D eigenvalue weighted by atomic mass is 9.91. The lowest BCUT2D eigenvalue weighted by molar-refractivity contribution is 0.623. The van der Waals surface area contributed by atoms with Crippen LogP contribution in [0, 0.1) is 0 Å². The number of benzene rings is 9. The molecule has 0 amide bonds. The molecule has 0 saturated heterocycles. The molecule has 0 aliphatic rings. The van der Waals surface area contributed by atoms with E-state index in [4.69, 9.17) is 14.4 Å². The third-order valence-corrected chi connectivity index (χ3v) is 10.4. The van der Waals surface area contributed by atoms with Gasteiger partial charge in [-0.15, -0.1) is 0 Å². The van der Waals surface area contributed by atoms with Crippen LogP contribution in [0.25, 0.3) is 110 Å². The zero-order valence-electron chi connectivity index (χ0n) is 27.5. The third-order valence-electron chi connectivity index (χ3n) is 10.4. The van der Waals surface area contributed by atoms with Crippen molar-refractivity contribution in [2.24, 2.45) is 0 Å². The zero-order chi connectivity index (χ0) is 33.5. The van der Waals surface area contributed by atoms with Gasteiger partial charge in [-0.25, -0.2) is 9.97 Å². The van der Waals surface area contributed by atoms with Gasteiger partial charge >= 0.3 is 0 Å². The molecule has 0 spiro atoms. The summed E-state index contributed by atoms with van der Waals surface area (Å²) in [5.41, 5.74) is 7.92. The topological polar surface area (TPSA) is 38.9 Å². The van der Waals surface area contributed by atoms with E-state index in [1.807, 2.05) is 30.3 Å². The van der Waals surface area contributed by atoms with Crippen molar-refractivity contribution in [3.8, 4) is 33.8 Å². The molecule has 11 rings (SSSR count). The molecule has 2 aromatic heterocycles. The van der Waals surface area contributed by atoms with Crippen molar-refractivity contribution >= 4 is 75.9 Å². The average molecular weight is 649 g/mol. The highest BCUT2D eigenvalue weighted by Crippen LogP contribution is 2.41. The van der Waals surface area contributed by atoms with Gasteiger partial charge in [-0.05, 0) is 102 Å². The molecule has 3 nitrogen and oxygen atoms in total. The fourth-order valence-electron chi connectivity index (χ4n) is 8.02. The highest BCUT2D eigenvalue weighted by atomic mass is 16.3. The molecule has 11 aromatic rings. The van der Waals surface area contributed by atoms with Gasteiger partial charge in [0.2, 0.25) is 5.89 Å². The summed E-state index contributed by atoms with van der Waals surface area (Å²) in [6.45, 7) is 0. The molecule has 9 aromatic carbocycles. The van der Waals surface area contributed by atoms with Crippen molar-refractivity contribution in [2.45, 2.75) is 0 Å². The van der Waals surface area contributed by atoms with Gasteiger partial charge in [0.15, 0.2) is 5.58 Å². The van der Waals surface area contributed by atoms with E-state index in [-0.39, 0.29) is 0 Å². The van der Waals surface area contributed by atoms with Gasteiger partial charge in [0.1, 0.15) is 5.52 Å². The highest BCUT2D eigenvalue weighted by Gasteiger charge is 2.16. The fourth-order valence-corrected chi connectivity index (χ4v) is 8.02. The Morgan fingerprint density at radius 1 is 0.353 bits per heavy atom. The Morgan fingerprint density at radius 3 is 1.73 bits per heavy atom. The maximum atomic E-state index is 6.54. The van der Waals surface area contributed by atoms with Crippen molar-refractivity contribution < 1.29 is 4.42 Å². The van der Waals surface area contributed by atoms with Crippen LogP contribution < -0.4 is 0 Å². The third kappa shape index (κ3) is 4.32. The second-order valence-electron chi connectivity index (χ2n) is 13.3. The number of pyridine rings is 1. The first-order chi connectivity index (χ1) is 25.3. The minimum absolute atomic E-state index is 0.632. The van der Waals surface area contributed by atoms with Crippen LogP contribution in [0.5, 0.6) is 0 Å². The van der Waals surface area contributed by atoms with Crippen LogP contribution in [0.2, 0.25) is 0 Å². The maximum absolute atomic E-state index is 6.54. The van der Waals surface area contributed by atoms with Crippen molar-refractivity contribution in [3.05, 3.63) is 170 Å². The summed E-state index contributed by atoms with van der Waals surface area (Å²) < 4.78 is 6.54. The van der Waals surface area contributed by atoms with E-state index in [9.17, 15) is 0 Å². The number of nitrogens with zero attached hydrogens (tertiary/aromatic N) is 2. The number of fused-ring (bicyclic) bond motifs is 12. The van der Waals surface area contributed by atoms with Crippen LogP contribution >= 0.6 is 0 Å². The van der Waals surface area contributed by atoms with Crippen LogP contribution in [0.1, 0.15) is 0 Å². The molecule has 3 heteroatoms.